The molecule has 6 heteroatoms. The second-order valence-electron chi connectivity index (χ2n) is 5.25. The van der Waals surface area contributed by atoms with Crippen molar-refractivity contribution in [3.8, 4) is 11.3 Å². The molecule has 0 saturated carbocycles. The van der Waals surface area contributed by atoms with E-state index in [1.54, 1.807) is 22.7 Å². The summed E-state index contributed by atoms with van der Waals surface area (Å²) in [7, 11) is 0. The number of hydrogen-bond donors (Lipinski definition) is 0. The summed E-state index contributed by atoms with van der Waals surface area (Å²) in [5.74, 6) is 0. The zero-order chi connectivity index (χ0) is 16.2. The van der Waals surface area contributed by atoms with E-state index in [-0.39, 0.29) is 6.04 Å². The Kier molecular flexibility index (Phi) is 5.10. The van der Waals surface area contributed by atoms with Crippen LogP contribution in [0.3, 0.4) is 0 Å². The normalized spacial score (nSPS) is 12.6. The Labute approximate surface area is 148 Å². The van der Waals surface area contributed by atoms with Gasteiger partial charge in [-0.1, -0.05) is 23.7 Å². The lowest BCUT2D eigenvalue weighted by molar-refractivity contribution is 0.755. The Morgan fingerprint density at radius 2 is 1.91 bits per heavy atom. The van der Waals surface area contributed by atoms with Crippen molar-refractivity contribution >= 4 is 40.5 Å². The molecule has 118 valence electrons. The lowest BCUT2D eigenvalue weighted by Crippen LogP contribution is -2.14. The number of nitrogens with zero attached hydrogens (tertiary/aromatic N) is 3. The maximum atomic E-state index is 5.99. The highest BCUT2D eigenvalue weighted by Gasteiger charge is 2.08. The summed E-state index contributed by atoms with van der Waals surface area (Å²) in [6.45, 7) is 4.13. The Balaban J connectivity index is 2.09. The van der Waals surface area contributed by atoms with Gasteiger partial charge in [0.2, 0.25) is 4.80 Å². The molecule has 0 atom stereocenters. The van der Waals surface area contributed by atoms with Crippen LogP contribution >= 0.6 is 34.3 Å². The molecular formula is C17H16ClN3S2. The highest BCUT2D eigenvalue weighted by atomic mass is 35.5. The van der Waals surface area contributed by atoms with E-state index in [2.05, 4.69) is 34.7 Å². The minimum absolute atomic E-state index is 0.217. The first-order valence-electron chi connectivity index (χ1n) is 7.20. The van der Waals surface area contributed by atoms with Crippen LogP contribution in [0, 0.1) is 0 Å². The second-order valence-corrected chi connectivity index (χ2v) is 7.30. The fourth-order valence-corrected chi connectivity index (χ4v) is 3.72. The van der Waals surface area contributed by atoms with Gasteiger partial charge in [-0.05, 0) is 42.8 Å². The highest BCUT2D eigenvalue weighted by Crippen LogP contribution is 2.22. The first kappa shape index (κ1) is 16.2. The number of benzene rings is 1. The number of halogens is 1. The minimum atomic E-state index is 0.217. The van der Waals surface area contributed by atoms with Crippen molar-refractivity contribution in [3.05, 3.63) is 61.9 Å². The Bertz CT molecular complexity index is 856. The van der Waals surface area contributed by atoms with Gasteiger partial charge >= 0.3 is 0 Å². The molecule has 0 bridgehead atoms. The fourth-order valence-electron chi connectivity index (χ4n) is 2.01. The molecule has 3 nitrogen and oxygen atoms in total. The van der Waals surface area contributed by atoms with E-state index in [9.17, 15) is 0 Å². The van der Waals surface area contributed by atoms with Crippen LogP contribution in [0.4, 0.5) is 0 Å². The largest absolute Gasteiger partial charge is 0.255 e. The van der Waals surface area contributed by atoms with Gasteiger partial charge in [0.1, 0.15) is 0 Å². The zero-order valence-corrected chi connectivity index (χ0v) is 15.2. The summed E-state index contributed by atoms with van der Waals surface area (Å²) in [4.78, 5) is 5.55. The molecule has 0 amide bonds. The first-order valence-corrected chi connectivity index (χ1v) is 9.40. The predicted octanol–water partition coefficient (Wildman–Crippen LogP) is 5.12. The van der Waals surface area contributed by atoms with Crippen LogP contribution < -0.4 is 4.80 Å². The Morgan fingerprint density at radius 1 is 1.13 bits per heavy atom. The van der Waals surface area contributed by atoms with E-state index in [0.717, 1.165) is 26.6 Å². The maximum absolute atomic E-state index is 5.99. The topological polar surface area (TPSA) is 29.6 Å². The van der Waals surface area contributed by atoms with Gasteiger partial charge in [0.05, 0.1) is 11.9 Å². The van der Waals surface area contributed by atoms with Crippen molar-refractivity contribution in [1.29, 1.82) is 0 Å². The van der Waals surface area contributed by atoms with Crippen LogP contribution in [0.2, 0.25) is 5.02 Å². The van der Waals surface area contributed by atoms with Crippen molar-refractivity contribution in [2.75, 3.05) is 0 Å². The van der Waals surface area contributed by atoms with Gasteiger partial charge in [-0.15, -0.1) is 11.3 Å². The summed E-state index contributed by atoms with van der Waals surface area (Å²) in [6.07, 6.45) is 1.86. The number of thiazole rings is 1. The fraction of sp³-hybridized carbons (Fsp3) is 0.176. The molecule has 0 radical (unpaired) electrons. The van der Waals surface area contributed by atoms with E-state index in [1.165, 1.54) is 0 Å². The van der Waals surface area contributed by atoms with Crippen LogP contribution in [-0.4, -0.2) is 16.9 Å². The SMILES string of the molecule is CC(C)N=c1scc(-c2ccc(Cl)cc2)n1N=Cc1ccsc1. The van der Waals surface area contributed by atoms with Crippen molar-refractivity contribution in [2.45, 2.75) is 19.9 Å². The molecule has 3 aromatic rings. The molecule has 2 aromatic heterocycles. The molecule has 1 aromatic carbocycles. The molecule has 0 spiro atoms. The summed E-state index contributed by atoms with van der Waals surface area (Å²) in [5.41, 5.74) is 3.17. The third-order valence-electron chi connectivity index (χ3n) is 3.06. The van der Waals surface area contributed by atoms with Crippen molar-refractivity contribution in [3.63, 3.8) is 0 Å². The van der Waals surface area contributed by atoms with Crippen LogP contribution in [0.15, 0.2) is 56.6 Å². The first-order chi connectivity index (χ1) is 11.1. The van der Waals surface area contributed by atoms with Crippen LogP contribution in [0.5, 0.6) is 0 Å². The van der Waals surface area contributed by atoms with Crippen LogP contribution in [0.25, 0.3) is 11.3 Å². The van der Waals surface area contributed by atoms with Gasteiger partial charge in [0.15, 0.2) is 0 Å². The van der Waals surface area contributed by atoms with Gasteiger partial charge in [-0.25, -0.2) is 4.68 Å². The van der Waals surface area contributed by atoms with E-state index in [0.29, 0.717) is 0 Å². The monoisotopic (exact) mass is 361 g/mol. The quantitative estimate of drug-likeness (QED) is 0.577. The highest BCUT2D eigenvalue weighted by molar-refractivity contribution is 7.08. The van der Waals surface area contributed by atoms with E-state index in [1.807, 2.05) is 46.6 Å². The van der Waals surface area contributed by atoms with Gasteiger partial charge in [-0.2, -0.15) is 16.4 Å². The Morgan fingerprint density at radius 3 is 2.57 bits per heavy atom. The molecule has 0 aliphatic carbocycles. The average molecular weight is 362 g/mol. The average Bonchev–Trinajstić information content (AvgIpc) is 3.15. The van der Waals surface area contributed by atoms with Gasteiger partial charge in [-0.3, -0.25) is 4.99 Å². The molecule has 0 unspecified atom stereocenters. The van der Waals surface area contributed by atoms with Gasteiger partial charge in [0.25, 0.3) is 0 Å². The lowest BCUT2D eigenvalue weighted by Gasteiger charge is -2.04. The van der Waals surface area contributed by atoms with Crippen molar-refractivity contribution in [1.82, 2.24) is 4.68 Å². The van der Waals surface area contributed by atoms with E-state index >= 15 is 0 Å². The molecule has 0 fully saturated rings. The van der Waals surface area contributed by atoms with E-state index in [4.69, 9.17) is 11.6 Å². The van der Waals surface area contributed by atoms with Gasteiger partial charge < -0.3 is 0 Å². The van der Waals surface area contributed by atoms with Crippen molar-refractivity contribution in [2.24, 2.45) is 10.1 Å². The minimum Gasteiger partial charge on any atom is -0.255 e. The molecule has 0 saturated heterocycles. The molecule has 2 heterocycles. The number of aromatic nitrogens is 1. The third-order valence-corrected chi connectivity index (χ3v) is 4.84. The van der Waals surface area contributed by atoms with Gasteiger partial charge in [0, 0.05) is 27.6 Å². The Hall–Kier alpha value is -1.69. The van der Waals surface area contributed by atoms with E-state index < -0.39 is 0 Å². The van der Waals surface area contributed by atoms with Crippen LogP contribution in [-0.2, 0) is 0 Å². The maximum Gasteiger partial charge on any atom is 0.206 e. The smallest absolute Gasteiger partial charge is 0.206 e. The predicted molar refractivity (Wildman–Crippen MR) is 101 cm³/mol. The van der Waals surface area contributed by atoms with Crippen molar-refractivity contribution < 1.29 is 0 Å². The summed E-state index contributed by atoms with van der Waals surface area (Å²) >= 11 is 9.24. The summed E-state index contributed by atoms with van der Waals surface area (Å²) < 4.78 is 1.89. The second kappa shape index (κ2) is 7.25. The number of rotatable bonds is 4. The zero-order valence-electron chi connectivity index (χ0n) is 12.8. The summed E-state index contributed by atoms with van der Waals surface area (Å²) in [6, 6.07) is 10.0. The molecule has 0 aliphatic heterocycles. The molecule has 0 N–H and O–H groups in total. The number of hydrogen-bond acceptors (Lipinski definition) is 4. The number of thiophene rings is 1. The van der Waals surface area contributed by atoms with Crippen LogP contribution in [0.1, 0.15) is 19.4 Å². The molecule has 0 aliphatic rings. The molecule has 23 heavy (non-hydrogen) atoms. The molecular weight excluding hydrogens is 346 g/mol. The summed E-state index contributed by atoms with van der Waals surface area (Å²) in [5, 5.41) is 11.6. The molecule has 3 rings (SSSR count). The third kappa shape index (κ3) is 3.99. The standard InChI is InChI=1S/C17H16ClN3S2/c1-12(2)20-17-21(19-9-13-7-8-22-10-13)16(11-23-17)14-3-5-15(18)6-4-14/h3-12H,1-2H3. The lowest BCUT2D eigenvalue weighted by atomic mass is 10.2.